The smallest absolute Gasteiger partial charge is 0.326 e. The van der Waals surface area contributed by atoms with Gasteiger partial charge in [0.1, 0.15) is 18.1 Å². The van der Waals surface area contributed by atoms with Crippen molar-refractivity contribution >= 4 is 41.4 Å². The molecule has 0 radical (unpaired) electrons. The highest BCUT2D eigenvalue weighted by atomic mass is 32.2. The van der Waals surface area contributed by atoms with E-state index in [1.165, 1.54) is 11.8 Å². The number of nitrogens with two attached hydrogens (primary N) is 1. The molecular formula is C24H36N4O7S. The second kappa shape index (κ2) is 15.8. The van der Waals surface area contributed by atoms with E-state index >= 15 is 0 Å². The minimum Gasteiger partial charge on any atom is -0.481 e. The van der Waals surface area contributed by atoms with Gasteiger partial charge >= 0.3 is 11.9 Å². The third kappa shape index (κ3) is 11.1. The lowest BCUT2D eigenvalue weighted by molar-refractivity contribution is -0.143. The molecule has 4 unspecified atom stereocenters. The monoisotopic (exact) mass is 524 g/mol. The van der Waals surface area contributed by atoms with E-state index in [0.29, 0.717) is 11.3 Å². The highest BCUT2D eigenvalue weighted by Crippen LogP contribution is 2.08. The van der Waals surface area contributed by atoms with Crippen molar-refractivity contribution in [2.45, 2.75) is 63.7 Å². The van der Waals surface area contributed by atoms with Crippen LogP contribution in [0, 0.1) is 5.92 Å². The normalized spacial score (nSPS) is 14.2. The maximum absolute atomic E-state index is 13.0. The first-order chi connectivity index (χ1) is 17.0. The lowest BCUT2D eigenvalue weighted by Crippen LogP contribution is -2.57. The van der Waals surface area contributed by atoms with E-state index in [9.17, 15) is 29.1 Å². The Bertz CT molecular complexity index is 898. The molecular weight excluding hydrogens is 488 g/mol. The van der Waals surface area contributed by atoms with Crippen molar-refractivity contribution in [1.82, 2.24) is 16.0 Å². The molecule has 0 bridgehead atoms. The number of benzene rings is 1. The molecule has 7 N–H and O–H groups in total. The molecule has 11 nitrogen and oxygen atoms in total. The van der Waals surface area contributed by atoms with Gasteiger partial charge in [-0.3, -0.25) is 19.2 Å². The van der Waals surface area contributed by atoms with Crippen LogP contribution in [0.1, 0.15) is 38.7 Å². The zero-order chi connectivity index (χ0) is 27.3. The summed E-state index contributed by atoms with van der Waals surface area (Å²) in [6.07, 6.45) is 1.39. The van der Waals surface area contributed by atoms with Crippen LogP contribution < -0.4 is 21.7 Å². The van der Waals surface area contributed by atoms with Crippen LogP contribution in [0.25, 0.3) is 0 Å². The maximum Gasteiger partial charge on any atom is 0.326 e. The van der Waals surface area contributed by atoms with Gasteiger partial charge in [0.05, 0.1) is 6.04 Å². The highest BCUT2D eigenvalue weighted by molar-refractivity contribution is 7.98. The van der Waals surface area contributed by atoms with Crippen molar-refractivity contribution in [3.05, 3.63) is 35.9 Å². The molecule has 1 aromatic carbocycles. The van der Waals surface area contributed by atoms with Gasteiger partial charge in [-0.15, -0.1) is 0 Å². The van der Waals surface area contributed by atoms with Gasteiger partial charge in [-0.1, -0.05) is 44.2 Å². The standard InChI is InChI=1S/C24H36N4O7S/c1-14(2)20(25)23(33)27-17(11-12-36-3)22(32)26-16(9-10-19(29)30)21(31)28-18(24(34)35)13-15-7-5-4-6-8-15/h4-8,14,16-18,20H,9-13,25H2,1-3H3,(H,26,32)(H,27,33)(H,28,31)(H,29,30)(H,34,35). The number of nitrogens with one attached hydrogen (secondary N) is 3. The summed E-state index contributed by atoms with van der Waals surface area (Å²) in [7, 11) is 0. The number of amides is 3. The molecule has 0 saturated carbocycles. The molecule has 200 valence electrons. The molecule has 0 saturated heterocycles. The van der Waals surface area contributed by atoms with Crippen LogP contribution in [0.4, 0.5) is 0 Å². The lowest BCUT2D eigenvalue weighted by atomic mass is 10.0. The topological polar surface area (TPSA) is 188 Å². The third-order valence-corrected chi connectivity index (χ3v) is 6.09. The van der Waals surface area contributed by atoms with Crippen molar-refractivity contribution in [2.75, 3.05) is 12.0 Å². The molecule has 4 atom stereocenters. The third-order valence-electron chi connectivity index (χ3n) is 5.44. The quantitative estimate of drug-likeness (QED) is 0.177. The van der Waals surface area contributed by atoms with Crippen LogP contribution in [0.5, 0.6) is 0 Å². The molecule has 3 amide bonds. The van der Waals surface area contributed by atoms with E-state index < -0.39 is 60.2 Å². The zero-order valence-corrected chi connectivity index (χ0v) is 21.5. The second-order valence-corrected chi connectivity index (χ2v) is 9.68. The van der Waals surface area contributed by atoms with Gasteiger partial charge in [0, 0.05) is 12.8 Å². The fourth-order valence-electron chi connectivity index (χ4n) is 3.21. The van der Waals surface area contributed by atoms with Crippen LogP contribution in [0.2, 0.25) is 0 Å². The Hall–Kier alpha value is -3.12. The fourth-order valence-corrected chi connectivity index (χ4v) is 3.68. The Kier molecular flexibility index (Phi) is 13.6. The van der Waals surface area contributed by atoms with E-state index in [1.54, 1.807) is 44.2 Å². The average molecular weight is 525 g/mol. The van der Waals surface area contributed by atoms with Crippen LogP contribution in [0.15, 0.2) is 30.3 Å². The molecule has 1 aromatic rings. The number of carboxylic acid groups (broad SMARTS) is 2. The summed E-state index contributed by atoms with van der Waals surface area (Å²) in [5.74, 6) is -4.14. The van der Waals surface area contributed by atoms with E-state index in [4.69, 9.17) is 10.8 Å². The summed E-state index contributed by atoms with van der Waals surface area (Å²) in [6.45, 7) is 3.53. The van der Waals surface area contributed by atoms with Crippen molar-refractivity contribution in [3.63, 3.8) is 0 Å². The Morgan fingerprint density at radius 3 is 1.89 bits per heavy atom. The minimum atomic E-state index is -1.32. The van der Waals surface area contributed by atoms with Crippen molar-refractivity contribution < 1.29 is 34.2 Å². The minimum absolute atomic E-state index is 0.000998. The van der Waals surface area contributed by atoms with Crippen LogP contribution >= 0.6 is 11.8 Å². The number of rotatable bonds is 16. The molecule has 0 aliphatic heterocycles. The molecule has 12 heteroatoms. The van der Waals surface area contributed by atoms with Crippen LogP contribution in [-0.2, 0) is 30.4 Å². The number of carboxylic acids is 2. The number of aliphatic carboxylic acids is 2. The van der Waals surface area contributed by atoms with Gasteiger partial charge in [0.2, 0.25) is 17.7 Å². The van der Waals surface area contributed by atoms with Gasteiger partial charge in [0.15, 0.2) is 0 Å². The predicted molar refractivity (Wildman–Crippen MR) is 136 cm³/mol. The fraction of sp³-hybridized carbons (Fsp3) is 0.542. The van der Waals surface area contributed by atoms with Crippen molar-refractivity contribution in [3.8, 4) is 0 Å². The molecule has 0 aliphatic rings. The largest absolute Gasteiger partial charge is 0.481 e. The first kappa shape index (κ1) is 30.9. The molecule has 1 rings (SSSR count). The molecule has 0 aliphatic carbocycles. The van der Waals surface area contributed by atoms with Gasteiger partial charge < -0.3 is 31.9 Å². The summed E-state index contributed by atoms with van der Waals surface area (Å²) in [5.41, 5.74) is 6.56. The van der Waals surface area contributed by atoms with Crippen LogP contribution in [-0.4, -0.2) is 76.0 Å². The Labute approximate surface area is 215 Å². The van der Waals surface area contributed by atoms with Gasteiger partial charge in [0.25, 0.3) is 0 Å². The first-order valence-corrected chi connectivity index (χ1v) is 13.0. The average Bonchev–Trinajstić information content (AvgIpc) is 2.83. The maximum atomic E-state index is 13.0. The van der Waals surface area contributed by atoms with Gasteiger partial charge in [-0.05, 0) is 36.3 Å². The number of hydrogen-bond acceptors (Lipinski definition) is 7. The van der Waals surface area contributed by atoms with Crippen molar-refractivity contribution in [1.29, 1.82) is 0 Å². The van der Waals surface area contributed by atoms with E-state index in [2.05, 4.69) is 16.0 Å². The number of hydrogen-bond donors (Lipinski definition) is 6. The molecule has 0 aromatic heterocycles. The molecule has 36 heavy (non-hydrogen) atoms. The highest BCUT2D eigenvalue weighted by Gasteiger charge is 2.31. The lowest BCUT2D eigenvalue weighted by Gasteiger charge is -2.25. The number of carbonyl (C=O) groups is 5. The summed E-state index contributed by atoms with van der Waals surface area (Å²) in [4.78, 5) is 61.3. The SMILES string of the molecule is CSCCC(NC(=O)C(N)C(C)C)C(=O)NC(CCC(=O)O)C(=O)NC(Cc1ccccc1)C(=O)O. The van der Waals surface area contributed by atoms with E-state index in [1.807, 2.05) is 6.26 Å². The summed E-state index contributed by atoms with van der Waals surface area (Å²) >= 11 is 1.46. The first-order valence-electron chi connectivity index (χ1n) is 11.6. The summed E-state index contributed by atoms with van der Waals surface area (Å²) in [5, 5.41) is 26.2. The predicted octanol–water partition coefficient (Wildman–Crippen LogP) is 0.369. The number of carbonyl (C=O) groups excluding carboxylic acids is 3. The molecule has 0 spiro atoms. The molecule has 0 fully saturated rings. The Morgan fingerprint density at radius 1 is 0.861 bits per heavy atom. The summed E-state index contributed by atoms with van der Waals surface area (Å²) in [6, 6.07) is 4.22. The molecule has 0 heterocycles. The van der Waals surface area contributed by atoms with Crippen molar-refractivity contribution in [2.24, 2.45) is 11.7 Å². The van der Waals surface area contributed by atoms with Crippen LogP contribution in [0.3, 0.4) is 0 Å². The Balaban J connectivity index is 3.02. The van der Waals surface area contributed by atoms with E-state index in [0.717, 1.165) is 0 Å². The van der Waals surface area contributed by atoms with Gasteiger partial charge in [-0.25, -0.2) is 4.79 Å². The van der Waals surface area contributed by atoms with E-state index in [-0.39, 0.29) is 25.2 Å². The second-order valence-electron chi connectivity index (χ2n) is 8.70. The number of thioether (sulfide) groups is 1. The Morgan fingerprint density at radius 2 is 1.39 bits per heavy atom. The summed E-state index contributed by atoms with van der Waals surface area (Å²) < 4.78 is 0. The zero-order valence-electron chi connectivity index (χ0n) is 20.7. The van der Waals surface area contributed by atoms with Gasteiger partial charge in [-0.2, -0.15) is 11.8 Å².